The van der Waals surface area contributed by atoms with Gasteiger partial charge in [-0.15, -0.1) is 0 Å². The summed E-state index contributed by atoms with van der Waals surface area (Å²) in [5.74, 6) is -1.97. The highest BCUT2D eigenvalue weighted by Crippen LogP contribution is 2.20. The Morgan fingerprint density at radius 3 is 2.69 bits per heavy atom. The van der Waals surface area contributed by atoms with Crippen molar-refractivity contribution >= 4 is 46.8 Å². The molecule has 1 amide bonds. The summed E-state index contributed by atoms with van der Waals surface area (Å²) in [6.07, 6.45) is 2.45. The lowest BCUT2D eigenvalue weighted by atomic mass is 10.2. The first kappa shape index (κ1) is 19.4. The lowest BCUT2D eigenvalue weighted by Crippen LogP contribution is -2.20. The molecule has 0 aliphatic heterocycles. The average Bonchev–Trinajstić information content (AvgIpc) is 2.61. The van der Waals surface area contributed by atoms with Gasteiger partial charge in [0.15, 0.2) is 6.61 Å². The average molecular weight is 393 g/mol. The number of hydrogen-bond acceptors (Lipinski definition) is 4. The molecule has 0 fully saturated rings. The lowest BCUT2D eigenvalue weighted by molar-refractivity contribution is -0.142. The minimum Gasteiger partial charge on any atom is -0.452 e. The normalized spacial score (nSPS) is 10.4. The Morgan fingerprint density at radius 1 is 1.23 bits per heavy atom. The van der Waals surface area contributed by atoms with Crippen molar-refractivity contribution in [3.63, 3.8) is 0 Å². The molecule has 1 N–H and O–H groups in total. The number of carbonyl (C=O) groups excluding carboxylic acids is 2. The Morgan fingerprint density at radius 2 is 2.00 bits per heavy atom. The number of nitrogens with zero attached hydrogens (tertiary/aromatic N) is 1. The Kier molecular flexibility index (Phi) is 6.73. The maximum Gasteiger partial charge on any atom is 0.331 e. The van der Waals surface area contributed by atoms with Crippen molar-refractivity contribution in [3.8, 4) is 6.07 Å². The third-order valence-corrected chi connectivity index (χ3v) is 3.60. The van der Waals surface area contributed by atoms with E-state index < -0.39 is 24.3 Å². The monoisotopic (exact) mass is 392 g/mol. The Hall–Kier alpha value is -2.88. The maximum atomic E-state index is 13.0. The molecule has 2 aromatic carbocycles. The van der Waals surface area contributed by atoms with E-state index in [0.717, 1.165) is 6.08 Å². The highest BCUT2D eigenvalue weighted by molar-refractivity contribution is 6.31. The van der Waals surface area contributed by atoms with Gasteiger partial charge in [0.05, 0.1) is 16.3 Å². The van der Waals surface area contributed by atoms with Gasteiger partial charge in [-0.25, -0.2) is 9.18 Å². The van der Waals surface area contributed by atoms with Crippen molar-refractivity contribution in [2.75, 3.05) is 11.9 Å². The van der Waals surface area contributed by atoms with E-state index in [1.807, 2.05) is 6.07 Å². The first-order valence-electron chi connectivity index (χ1n) is 7.18. The predicted octanol–water partition coefficient (Wildman–Crippen LogP) is 4.20. The zero-order chi connectivity index (χ0) is 19.1. The fourth-order valence-electron chi connectivity index (χ4n) is 1.87. The van der Waals surface area contributed by atoms with E-state index in [1.165, 1.54) is 42.5 Å². The van der Waals surface area contributed by atoms with Gasteiger partial charge in [-0.3, -0.25) is 4.79 Å². The molecule has 0 unspecified atom stereocenters. The molecule has 132 valence electrons. The van der Waals surface area contributed by atoms with E-state index in [0.29, 0.717) is 10.6 Å². The summed E-state index contributed by atoms with van der Waals surface area (Å²) >= 11 is 11.5. The molecule has 0 heterocycles. The summed E-state index contributed by atoms with van der Waals surface area (Å²) in [5.41, 5.74) is 0.940. The van der Waals surface area contributed by atoms with E-state index in [9.17, 15) is 14.0 Å². The molecule has 0 saturated heterocycles. The van der Waals surface area contributed by atoms with Crippen LogP contribution in [-0.4, -0.2) is 18.5 Å². The quantitative estimate of drug-likeness (QED) is 0.610. The molecular formula is C18H11Cl2FN2O3. The molecule has 0 saturated carbocycles. The summed E-state index contributed by atoms with van der Waals surface area (Å²) < 4.78 is 17.8. The summed E-state index contributed by atoms with van der Waals surface area (Å²) in [5, 5.41) is 11.7. The molecule has 0 bridgehead atoms. The first-order chi connectivity index (χ1) is 12.4. The Labute approximate surface area is 158 Å². The van der Waals surface area contributed by atoms with Crippen molar-refractivity contribution in [2.24, 2.45) is 0 Å². The fraction of sp³-hybridized carbons (Fsp3) is 0.0556. The van der Waals surface area contributed by atoms with Gasteiger partial charge >= 0.3 is 5.97 Å². The minimum absolute atomic E-state index is 0.0743. The summed E-state index contributed by atoms with van der Waals surface area (Å²) in [4.78, 5) is 23.5. The van der Waals surface area contributed by atoms with Gasteiger partial charge in [-0.05, 0) is 42.0 Å². The molecule has 0 atom stereocenters. The van der Waals surface area contributed by atoms with Crippen molar-refractivity contribution < 1.29 is 18.7 Å². The van der Waals surface area contributed by atoms with Gasteiger partial charge in [0, 0.05) is 11.1 Å². The molecule has 0 aliphatic rings. The number of ether oxygens (including phenoxy) is 1. The van der Waals surface area contributed by atoms with Gasteiger partial charge in [0.25, 0.3) is 5.91 Å². The van der Waals surface area contributed by atoms with Gasteiger partial charge in [-0.2, -0.15) is 5.26 Å². The summed E-state index contributed by atoms with van der Waals surface area (Å²) in [7, 11) is 0. The number of hydrogen-bond donors (Lipinski definition) is 1. The Balaban J connectivity index is 1.90. The molecule has 0 aromatic heterocycles. The Bertz CT molecular complexity index is 923. The van der Waals surface area contributed by atoms with Crippen molar-refractivity contribution in [3.05, 3.63) is 69.5 Å². The number of nitrogens with one attached hydrogen (secondary N) is 1. The van der Waals surface area contributed by atoms with Crippen LogP contribution in [0, 0.1) is 17.1 Å². The second kappa shape index (κ2) is 8.99. The third-order valence-electron chi connectivity index (χ3n) is 3.08. The van der Waals surface area contributed by atoms with Crippen LogP contribution in [0.2, 0.25) is 10.0 Å². The van der Waals surface area contributed by atoms with Crippen molar-refractivity contribution in [2.45, 2.75) is 0 Å². The molecule has 26 heavy (non-hydrogen) atoms. The van der Waals surface area contributed by atoms with E-state index in [2.05, 4.69) is 5.32 Å². The van der Waals surface area contributed by atoms with Crippen LogP contribution < -0.4 is 5.32 Å². The van der Waals surface area contributed by atoms with Crippen LogP contribution in [0.1, 0.15) is 11.1 Å². The molecular weight excluding hydrogens is 382 g/mol. The van der Waals surface area contributed by atoms with Gasteiger partial charge in [-0.1, -0.05) is 29.3 Å². The van der Waals surface area contributed by atoms with Crippen molar-refractivity contribution in [1.29, 1.82) is 5.26 Å². The fourth-order valence-corrected chi connectivity index (χ4v) is 2.23. The molecule has 8 heteroatoms. The maximum absolute atomic E-state index is 13.0. The lowest BCUT2D eigenvalue weighted by Gasteiger charge is -2.07. The van der Waals surface area contributed by atoms with Gasteiger partial charge in [0.1, 0.15) is 11.9 Å². The smallest absolute Gasteiger partial charge is 0.331 e. The van der Waals surface area contributed by atoms with E-state index >= 15 is 0 Å². The molecule has 0 spiro atoms. The molecule has 2 rings (SSSR count). The topological polar surface area (TPSA) is 79.2 Å². The van der Waals surface area contributed by atoms with E-state index in [4.69, 9.17) is 33.2 Å². The summed E-state index contributed by atoms with van der Waals surface area (Å²) in [6, 6.07) is 10.2. The number of rotatable bonds is 5. The van der Waals surface area contributed by atoms with Crippen LogP contribution >= 0.6 is 23.2 Å². The summed E-state index contributed by atoms with van der Waals surface area (Å²) in [6.45, 7) is -0.551. The van der Waals surface area contributed by atoms with Crippen LogP contribution in [-0.2, 0) is 14.3 Å². The number of benzene rings is 2. The SMILES string of the molecule is N#Cc1ccc(Cl)cc1NC(=O)COC(=O)/C=C/c1ccc(F)c(Cl)c1. The third kappa shape index (κ3) is 5.59. The highest BCUT2D eigenvalue weighted by atomic mass is 35.5. The van der Waals surface area contributed by atoms with Crippen molar-refractivity contribution in [1.82, 2.24) is 0 Å². The predicted molar refractivity (Wildman–Crippen MR) is 96.2 cm³/mol. The number of anilines is 1. The van der Waals surface area contributed by atoms with Crippen LogP contribution in [0.4, 0.5) is 10.1 Å². The van der Waals surface area contributed by atoms with Gasteiger partial charge < -0.3 is 10.1 Å². The van der Waals surface area contributed by atoms with Crippen LogP contribution in [0.5, 0.6) is 0 Å². The van der Waals surface area contributed by atoms with Gasteiger partial charge in [0.2, 0.25) is 0 Å². The number of halogens is 3. The van der Waals surface area contributed by atoms with E-state index in [-0.39, 0.29) is 16.3 Å². The number of esters is 1. The molecule has 0 radical (unpaired) electrons. The number of carbonyl (C=O) groups is 2. The zero-order valence-corrected chi connectivity index (χ0v) is 14.6. The number of nitriles is 1. The highest BCUT2D eigenvalue weighted by Gasteiger charge is 2.09. The standard InChI is InChI=1S/C18H11Cl2FN2O3/c19-13-4-3-12(9-22)16(8-13)23-17(24)10-26-18(25)6-2-11-1-5-15(21)14(20)7-11/h1-8H,10H2,(H,23,24)/b6-2+. The van der Waals surface area contributed by atoms with Crippen LogP contribution in [0.15, 0.2) is 42.5 Å². The first-order valence-corrected chi connectivity index (χ1v) is 7.94. The molecule has 0 aliphatic carbocycles. The zero-order valence-electron chi connectivity index (χ0n) is 13.1. The van der Waals surface area contributed by atoms with Crippen LogP contribution in [0.25, 0.3) is 6.08 Å². The second-order valence-corrected chi connectivity index (χ2v) is 5.81. The largest absolute Gasteiger partial charge is 0.452 e. The van der Waals surface area contributed by atoms with E-state index in [1.54, 1.807) is 0 Å². The number of amides is 1. The second-order valence-electron chi connectivity index (χ2n) is 4.96. The van der Waals surface area contributed by atoms with Crippen LogP contribution in [0.3, 0.4) is 0 Å². The minimum atomic E-state index is -0.771. The molecule has 2 aromatic rings. The molecule has 5 nitrogen and oxygen atoms in total.